The Morgan fingerprint density at radius 2 is 1.59 bits per heavy atom. The van der Waals surface area contributed by atoms with Crippen molar-refractivity contribution in [3.8, 4) is 5.75 Å². The molecule has 0 heterocycles. The lowest BCUT2D eigenvalue weighted by atomic mass is 10.2. The second-order valence-corrected chi connectivity index (χ2v) is 7.78. The SMILES string of the molecule is CN(c1ccccc1)S(=O)(=O)c1cccc(C(=O)Nc2ccccc2O)c1. The Morgan fingerprint density at radius 3 is 2.30 bits per heavy atom. The van der Waals surface area contributed by atoms with E-state index >= 15 is 0 Å². The van der Waals surface area contributed by atoms with E-state index in [2.05, 4.69) is 5.32 Å². The summed E-state index contributed by atoms with van der Waals surface area (Å²) in [5.74, 6) is -0.589. The Balaban J connectivity index is 1.89. The van der Waals surface area contributed by atoms with Crippen molar-refractivity contribution in [2.45, 2.75) is 4.90 Å². The molecule has 138 valence electrons. The van der Waals surface area contributed by atoms with Crippen molar-refractivity contribution in [3.63, 3.8) is 0 Å². The number of para-hydroxylation sites is 3. The van der Waals surface area contributed by atoms with E-state index in [1.807, 2.05) is 0 Å². The first-order chi connectivity index (χ1) is 12.9. The van der Waals surface area contributed by atoms with E-state index in [4.69, 9.17) is 0 Å². The van der Waals surface area contributed by atoms with Gasteiger partial charge in [-0.05, 0) is 42.5 Å². The molecule has 3 aromatic rings. The maximum Gasteiger partial charge on any atom is 0.264 e. The maximum atomic E-state index is 12.9. The zero-order valence-corrected chi connectivity index (χ0v) is 15.3. The summed E-state index contributed by atoms with van der Waals surface area (Å²) in [7, 11) is -2.37. The van der Waals surface area contributed by atoms with Gasteiger partial charge in [-0.15, -0.1) is 0 Å². The number of nitrogens with zero attached hydrogens (tertiary/aromatic N) is 1. The molecule has 0 saturated heterocycles. The summed E-state index contributed by atoms with van der Waals surface area (Å²) < 4.78 is 26.9. The number of carbonyl (C=O) groups is 1. The van der Waals surface area contributed by atoms with Crippen LogP contribution in [0.1, 0.15) is 10.4 Å². The summed E-state index contributed by atoms with van der Waals surface area (Å²) in [5.41, 5.74) is 0.930. The molecule has 0 saturated carbocycles. The zero-order valence-electron chi connectivity index (χ0n) is 14.5. The molecule has 1 amide bonds. The van der Waals surface area contributed by atoms with Gasteiger partial charge in [-0.1, -0.05) is 36.4 Å². The molecule has 0 aliphatic rings. The van der Waals surface area contributed by atoms with E-state index < -0.39 is 15.9 Å². The molecule has 6 nitrogen and oxygen atoms in total. The van der Waals surface area contributed by atoms with E-state index in [9.17, 15) is 18.3 Å². The molecule has 7 heteroatoms. The quantitative estimate of drug-likeness (QED) is 0.662. The number of sulfonamides is 1. The first kappa shape index (κ1) is 18.5. The Kier molecular flexibility index (Phi) is 5.14. The van der Waals surface area contributed by atoms with Gasteiger partial charge in [0.15, 0.2) is 0 Å². The van der Waals surface area contributed by atoms with Crippen LogP contribution in [-0.4, -0.2) is 26.5 Å². The van der Waals surface area contributed by atoms with Gasteiger partial charge in [-0.2, -0.15) is 0 Å². The van der Waals surface area contributed by atoms with Crippen LogP contribution in [0.25, 0.3) is 0 Å². The van der Waals surface area contributed by atoms with Crippen molar-refractivity contribution in [2.24, 2.45) is 0 Å². The number of carbonyl (C=O) groups excluding carboxylic acids is 1. The Labute approximate surface area is 157 Å². The molecule has 0 aromatic heterocycles. The maximum absolute atomic E-state index is 12.9. The minimum atomic E-state index is -3.83. The third-order valence-corrected chi connectivity index (χ3v) is 5.81. The Morgan fingerprint density at radius 1 is 0.926 bits per heavy atom. The largest absolute Gasteiger partial charge is 0.506 e. The van der Waals surface area contributed by atoms with Crippen LogP contribution in [0, 0.1) is 0 Å². The van der Waals surface area contributed by atoms with Gasteiger partial charge >= 0.3 is 0 Å². The fraction of sp³-hybridized carbons (Fsp3) is 0.0500. The average Bonchev–Trinajstić information content (AvgIpc) is 2.70. The van der Waals surface area contributed by atoms with E-state index in [1.165, 1.54) is 37.4 Å². The van der Waals surface area contributed by atoms with Crippen molar-refractivity contribution in [2.75, 3.05) is 16.7 Å². The van der Waals surface area contributed by atoms with Gasteiger partial charge in [0, 0.05) is 12.6 Å². The number of phenols is 1. The van der Waals surface area contributed by atoms with Crippen LogP contribution in [0.2, 0.25) is 0 Å². The van der Waals surface area contributed by atoms with Gasteiger partial charge in [0.2, 0.25) is 0 Å². The highest BCUT2D eigenvalue weighted by atomic mass is 32.2. The van der Waals surface area contributed by atoms with Crippen molar-refractivity contribution in [1.29, 1.82) is 0 Å². The second-order valence-electron chi connectivity index (χ2n) is 5.81. The summed E-state index contributed by atoms with van der Waals surface area (Å²) in [6.07, 6.45) is 0. The average molecular weight is 382 g/mol. The molecule has 0 atom stereocenters. The number of anilines is 2. The van der Waals surface area contributed by atoms with Gasteiger partial charge in [-0.25, -0.2) is 8.42 Å². The first-order valence-corrected chi connectivity index (χ1v) is 9.57. The smallest absolute Gasteiger partial charge is 0.264 e. The molecular formula is C20H18N2O4S. The highest BCUT2D eigenvalue weighted by molar-refractivity contribution is 7.92. The Hall–Kier alpha value is -3.32. The minimum Gasteiger partial charge on any atom is -0.506 e. The van der Waals surface area contributed by atoms with E-state index in [0.29, 0.717) is 5.69 Å². The van der Waals surface area contributed by atoms with Crippen LogP contribution in [0.3, 0.4) is 0 Å². The molecule has 0 radical (unpaired) electrons. The van der Waals surface area contributed by atoms with Gasteiger partial charge in [0.25, 0.3) is 15.9 Å². The van der Waals surface area contributed by atoms with Crippen LogP contribution < -0.4 is 9.62 Å². The van der Waals surface area contributed by atoms with Gasteiger partial charge in [-0.3, -0.25) is 9.10 Å². The van der Waals surface area contributed by atoms with Crippen LogP contribution in [0.4, 0.5) is 11.4 Å². The van der Waals surface area contributed by atoms with Crippen LogP contribution in [0.5, 0.6) is 5.75 Å². The molecule has 27 heavy (non-hydrogen) atoms. The normalized spacial score (nSPS) is 11.0. The van der Waals surface area contributed by atoms with Crippen molar-refractivity contribution < 1.29 is 18.3 Å². The van der Waals surface area contributed by atoms with Crippen molar-refractivity contribution >= 4 is 27.3 Å². The minimum absolute atomic E-state index is 0.00112. The number of amides is 1. The van der Waals surface area contributed by atoms with Crippen LogP contribution in [-0.2, 0) is 10.0 Å². The highest BCUT2D eigenvalue weighted by Crippen LogP contribution is 2.24. The topological polar surface area (TPSA) is 86.7 Å². The number of hydrogen-bond acceptors (Lipinski definition) is 4. The molecule has 0 spiro atoms. The number of benzene rings is 3. The summed E-state index contributed by atoms with van der Waals surface area (Å²) in [6.45, 7) is 0. The zero-order chi connectivity index (χ0) is 19.4. The fourth-order valence-electron chi connectivity index (χ4n) is 2.51. The second kappa shape index (κ2) is 7.51. The number of nitrogens with one attached hydrogen (secondary N) is 1. The molecule has 0 unspecified atom stereocenters. The molecule has 3 rings (SSSR count). The van der Waals surface area contributed by atoms with Crippen LogP contribution >= 0.6 is 0 Å². The van der Waals surface area contributed by atoms with Gasteiger partial charge < -0.3 is 10.4 Å². The number of phenolic OH excluding ortho intramolecular Hbond substituents is 1. The van der Waals surface area contributed by atoms with Crippen LogP contribution in [0.15, 0.2) is 83.8 Å². The third-order valence-electron chi connectivity index (χ3n) is 4.03. The molecule has 0 aliphatic carbocycles. The Bertz CT molecular complexity index is 1070. The van der Waals surface area contributed by atoms with Crippen molar-refractivity contribution in [1.82, 2.24) is 0 Å². The summed E-state index contributed by atoms with van der Waals surface area (Å²) in [5, 5.41) is 12.3. The van der Waals surface area contributed by atoms with Gasteiger partial charge in [0.05, 0.1) is 16.3 Å². The predicted molar refractivity (Wildman–Crippen MR) is 105 cm³/mol. The molecular weight excluding hydrogens is 364 g/mol. The molecule has 0 bridgehead atoms. The molecule has 0 aliphatic heterocycles. The van der Waals surface area contributed by atoms with Gasteiger partial charge in [0.1, 0.15) is 5.75 Å². The fourth-order valence-corrected chi connectivity index (χ4v) is 3.75. The highest BCUT2D eigenvalue weighted by Gasteiger charge is 2.22. The van der Waals surface area contributed by atoms with E-state index in [1.54, 1.807) is 48.5 Å². The lowest BCUT2D eigenvalue weighted by molar-refractivity contribution is 0.102. The lowest BCUT2D eigenvalue weighted by Crippen LogP contribution is -2.26. The van der Waals surface area contributed by atoms with E-state index in [-0.39, 0.29) is 21.9 Å². The predicted octanol–water partition coefficient (Wildman–Crippen LogP) is 3.47. The van der Waals surface area contributed by atoms with E-state index in [0.717, 1.165) is 4.31 Å². The molecule has 3 aromatic carbocycles. The lowest BCUT2D eigenvalue weighted by Gasteiger charge is -2.19. The third kappa shape index (κ3) is 3.93. The number of rotatable bonds is 5. The molecule has 0 fully saturated rings. The summed E-state index contributed by atoms with van der Waals surface area (Å²) >= 11 is 0. The van der Waals surface area contributed by atoms with Crippen molar-refractivity contribution in [3.05, 3.63) is 84.4 Å². The first-order valence-electron chi connectivity index (χ1n) is 8.13. The standard InChI is InChI=1S/C20H18N2O4S/c1-22(16-9-3-2-4-10-16)27(25,26)17-11-7-8-15(14-17)20(24)21-18-12-5-6-13-19(18)23/h2-14,23H,1H3,(H,21,24). The number of aromatic hydroxyl groups is 1. The number of hydrogen-bond donors (Lipinski definition) is 2. The monoisotopic (exact) mass is 382 g/mol. The summed E-state index contributed by atoms with van der Waals surface area (Å²) in [6, 6.07) is 20.7. The summed E-state index contributed by atoms with van der Waals surface area (Å²) in [4.78, 5) is 12.5. The molecule has 2 N–H and O–H groups in total.